The molecule has 0 spiro atoms. The monoisotopic (exact) mass is 368 g/mol. The van der Waals surface area contributed by atoms with E-state index in [1.165, 1.54) is 11.1 Å². The largest absolute Gasteiger partial charge is 0.496 e. The molecule has 0 aromatic heterocycles. The highest BCUT2D eigenvalue weighted by molar-refractivity contribution is 5.40. The number of quaternary nitrogens is 1. The zero-order valence-corrected chi connectivity index (χ0v) is 17.0. The van der Waals surface area contributed by atoms with Gasteiger partial charge in [0.1, 0.15) is 12.3 Å². The lowest BCUT2D eigenvalue weighted by Crippen LogP contribution is -2.83. The summed E-state index contributed by atoms with van der Waals surface area (Å²) in [6.07, 6.45) is 4.29. The Morgan fingerprint density at radius 2 is 1.81 bits per heavy atom. The first kappa shape index (κ1) is 19.9. The summed E-state index contributed by atoms with van der Waals surface area (Å²) in [5, 5.41) is 2.44. The third-order valence-electron chi connectivity index (χ3n) is 6.22. The van der Waals surface area contributed by atoms with Crippen molar-refractivity contribution in [3.8, 4) is 5.75 Å². The molecule has 146 valence electrons. The van der Waals surface area contributed by atoms with E-state index in [1.807, 2.05) is 0 Å². The SMILES string of the molecule is CC[C@@]1(C)C[C@@](CC[NH2+]Cc2ccccc2)(c2ccccc2OC)CCO1. The molecule has 1 aliphatic heterocycles. The van der Waals surface area contributed by atoms with Gasteiger partial charge in [0.05, 0.1) is 19.3 Å². The minimum absolute atomic E-state index is 0.0570. The van der Waals surface area contributed by atoms with Crippen LogP contribution in [0, 0.1) is 0 Å². The van der Waals surface area contributed by atoms with Gasteiger partial charge >= 0.3 is 0 Å². The lowest BCUT2D eigenvalue weighted by Gasteiger charge is -2.46. The van der Waals surface area contributed by atoms with Crippen molar-refractivity contribution < 1.29 is 14.8 Å². The molecule has 0 aliphatic carbocycles. The maximum atomic E-state index is 6.19. The van der Waals surface area contributed by atoms with Crippen molar-refractivity contribution in [3.63, 3.8) is 0 Å². The van der Waals surface area contributed by atoms with Crippen molar-refractivity contribution in [1.29, 1.82) is 0 Å². The van der Waals surface area contributed by atoms with E-state index in [0.29, 0.717) is 0 Å². The molecular formula is C24H34NO2+. The molecule has 1 aliphatic rings. The molecule has 0 radical (unpaired) electrons. The van der Waals surface area contributed by atoms with Crippen LogP contribution in [0.25, 0.3) is 0 Å². The van der Waals surface area contributed by atoms with E-state index in [2.05, 4.69) is 73.8 Å². The van der Waals surface area contributed by atoms with E-state index in [4.69, 9.17) is 9.47 Å². The van der Waals surface area contributed by atoms with Gasteiger partial charge in [-0.2, -0.15) is 0 Å². The molecule has 2 atom stereocenters. The molecular weight excluding hydrogens is 334 g/mol. The van der Waals surface area contributed by atoms with E-state index in [-0.39, 0.29) is 11.0 Å². The van der Waals surface area contributed by atoms with Crippen molar-refractivity contribution in [2.75, 3.05) is 20.3 Å². The van der Waals surface area contributed by atoms with Crippen LogP contribution >= 0.6 is 0 Å². The Hall–Kier alpha value is -1.84. The molecule has 2 aromatic rings. The predicted octanol–water partition coefficient (Wildman–Crippen LogP) is 4.07. The third-order valence-corrected chi connectivity index (χ3v) is 6.22. The van der Waals surface area contributed by atoms with Crippen LogP contribution in [0.2, 0.25) is 0 Å². The quantitative estimate of drug-likeness (QED) is 0.713. The number of hydrogen-bond acceptors (Lipinski definition) is 2. The third kappa shape index (κ3) is 4.72. The highest BCUT2D eigenvalue weighted by Crippen LogP contribution is 2.47. The lowest BCUT2D eigenvalue weighted by molar-refractivity contribution is -0.672. The molecule has 1 saturated heterocycles. The van der Waals surface area contributed by atoms with Crippen LogP contribution in [-0.4, -0.2) is 25.9 Å². The van der Waals surface area contributed by atoms with Crippen LogP contribution in [0.15, 0.2) is 54.6 Å². The summed E-state index contributed by atoms with van der Waals surface area (Å²) >= 11 is 0. The summed E-state index contributed by atoms with van der Waals surface area (Å²) in [7, 11) is 1.78. The first-order valence-corrected chi connectivity index (χ1v) is 10.2. The van der Waals surface area contributed by atoms with Crippen LogP contribution in [0.5, 0.6) is 5.75 Å². The van der Waals surface area contributed by atoms with Crippen molar-refractivity contribution in [1.82, 2.24) is 0 Å². The molecule has 27 heavy (non-hydrogen) atoms. The second-order valence-corrected chi connectivity index (χ2v) is 8.08. The first-order chi connectivity index (χ1) is 13.1. The second kappa shape index (κ2) is 8.90. The van der Waals surface area contributed by atoms with Gasteiger partial charge in [0.15, 0.2) is 0 Å². The normalized spacial score (nSPS) is 25.3. The molecule has 3 nitrogen and oxygen atoms in total. The topological polar surface area (TPSA) is 35.1 Å². The molecule has 0 saturated carbocycles. The molecule has 3 heteroatoms. The van der Waals surface area contributed by atoms with Gasteiger partial charge in [-0.1, -0.05) is 55.5 Å². The van der Waals surface area contributed by atoms with Crippen molar-refractivity contribution >= 4 is 0 Å². The van der Waals surface area contributed by atoms with Gasteiger partial charge < -0.3 is 14.8 Å². The smallest absolute Gasteiger partial charge is 0.122 e. The number of methoxy groups -OCH3 is 1. The van der Waals surface area contributed by atoms with Crippen molar-refractivity contribution in [2.45, 2.75) is 57.1 Å². The van der Waals surface area contributed by atoms with Gasteiger partial charge in [0, 0.05) is 29.6 Å². The van der Waals surface area contributed by atoms with E-state index >= 15 is 0 Å². The molecule has 1 fully saturated rings. The van der Waals surface area contributed by atoms with Crippen LogP contribution in [0.4, 0.5) is 0 Å². The minimum atomic E-state index is -0.0570. The van der Waals surface area contributed by atoms with Crippen LogP contribution in [-0.2, 0) is 16.7 Å². The summed E-state index contributed by atoms with van der Waals surface area (Å²) in [6, 6.07) is 19.3. The summed E-state index contributed by atoms with van der Waals surface area (Å²) in [6.45, 7) is 7.46. The average Bonchev–Trinajstić information content (AvgIpc) is 2.72. The van der Waals surface area contributed by atoms with Crippen LogP contribution in [0.3, 0.4) is 0 Å². The molecule has 0 bridgehead atoms. The maximum Gasteiger partial charge on any atom is 0.122 e. The summed E-state index contributed by atoms with van der Waals surface area (Å²) < 4.78 is 11.9. The van der Waals surface area contributed by atoms with Crippen LogP contribution in [0.1, 0.15) is 50.7 Å². The summed E-state index contributed by atoms with van der Waals surface area (Å²) in [4.78, 5) is 0. The van der Waals surface area contributed by atoms with Gasteiger partial charge in [-0.15, -0.1) is 0 Å². The Labute approximate surface area is 164 Å². The molecule has 3 rings (SSSR count). The van der Waals surface area contributed by atoms with Gasteiger partial charge in [-0.05, 0) is 32.3 Å². The Balaban J connectivity index is 1.78. The first-order valence-electron chi connectivity index (χ1n) is 10.2. The van der Waals surface area contributed by atoms with Gasteiger partial charge in [0.2, 0.25) is 0 Å². The molecule has 0 amide bonds. The minimum Gasteiger partial charge on any atom is -0.496 e. The van der Waals surface area contributed by atoms with Gasteiger partial charge in [-0.25, -0.2) is 0 Å². The average molecular weight is 369 g/mol. The van der Waals surface area contributed by atoms with Crippen LogP contribution < -0.4 is 10.1 Å². The Kier molecular flexibility index (Phi) is 6.56. The fourth-order valence-corrected chi connectivity index (χ4v) is 4.50. The predicted molar refractivity (Wildman–Crippen MR) is 110 cm³/mol. The maximum absolute atomic E-state index is 6.19. The number of ether oxygens (including phenoxy) is 2. The molecule has 2 N–H and O–H groups in total. The lowest BCUT2D eigenvalue weighted by atomic mass is 9.66. The number of rotatable bonds is 8. The highest BCUT2D eigenvalue weighted by atomic mass is 16.5. The fraction of sp³-hybridized carbons (Fsp3) is 0.500. The Morgan fingerprint density at radius 3 is 2.56 bits per heavy atom. The zero-order valence-electron chi connectivity index (χ0n) is 17.0. The summed E-state index contributed by atoms with van der Waals surface area (Å²) in [5.74, 6) is 1.01. The number of hydrogen-bond donors (Lipinski definition) is 1. The molecule has 1 heterocycles. The van der Waals surface area contributed by atoms with Crippen molar-refractivity contribution in [3.05, 3.63) is 65.7 Å². The fourth-order valence-electron chi connectivity index (χ4n) is 4.50. The molecule has 2 aromatic carbocycles. The van der Waals surface area contributed by atoms with Gasteiger partial charge in [-0.3, -0.25) is 0 Å². The Morgan fingerprint density at radius 1 is 1.07 bits per heavy atom. The zero-order chi connectivity index (χ0) is 19.2. The van der Waals surface area contributed by atoms with E-state index in [1.54, 1.807) is 7.11 Å². The van der Waals surface area contributed by atoms with Crippen molar-refractivity contribution in [2.24, 2.45) is 0 Å². The van der Waals surface area contributed by atoms with E-state index in [0.717, 1.165) is 51.1 Å². The Bertz CT molecular complexity index is 717. The molecule has 0 unspecified atom stereocenters. The summed E-state index contributed by atoms with van der Waals surface area (Å²) in [5.41, 5.74) is 2.79. The van der Waals surface area contributed by atoms with Gasteiger partial charge in [0.25, 0.3) is 0 Å². The van der Waals surface area contributed by atoms with E-state index in [9.17, 15) is 0 Å². The number of para-hydroxylation sites is 1. The van der Waals surface area contributed by atoms with E-state index < -0.39 is 0 Å². The highest BCUT2D eigenvalue weighted by Gasteiger charge is 2.44. The number of nitrogens with two attached hydrogens (primary N) is 1. The second-order valence-electron chi connectivity index (χ2n) is 8.08. The standard InChI is InChI=1S/C24H33NO2/c1-4-23(2)19-24(15-17-27-23,21-12-8-9-13-22(21)26-3)14-16-25-18-20-10-6-5-7-11-20/h5-13,25H,4,14-19H2,1-3H3/p+1/t23-,24-/m0/s1. The number of benzene rings is 2.